The van der Waals surface area contributed by atoms with Gasteiger partial charge in [0.25, 0.3) is 0 Å². The molecule has 1 aromatic carbocycles. The third kappa shape index (κ3) is 4.25. The first kappa shape index (κ1) is 22.4. The van der Waals surface area contributed by atoms with E-state index in [0.29, 0.717) is 24.5 Å². The van der Waals surface area contributed by atoms with Crippen molar-refractivity contribution in [3.05, 3.63) is 47.2 Å². The molecule has 1 fully saturated rings. The number of fused-ring (bicyclic) bond motifs is 1. The van der Waals surface area contributed by atoms with Gasteiger partial charge >= 0.3 is 12.4 Å². The van der Waals surface area contributed by atoms with E-state index in [1.165, 1.54) is 4.40 Å². The molecule has 4 rings (SSSR count). The quantitative estimate of drug-likeness (QED) is 0.512. The number of nitrogens with one attached hydrogen (secondary N) is 1. The molecule has 0 aliphatic heterocycles. The van der Waals surface area contributed by atoms with Crippen molar-refractivity contribution in [2.45, 2.75) is 57.1 Å². The number of benzene rings is 1. The molecule has 2 heterocycles. The molecule has 2 atom stereocenters. The van der Waals surface area contributed by atoms with Crippen LogP contribution in [0.4, 0.5) is 32.3 Å². The summed E-state index contributed by atoms with van der Waals surface area (Å²) in [5.74, 6) is 0.239. The molecule has 0 spiro atoms. The number of aliphatic hydroxyl groups excluding tert-OH is 1. The Labute approximate surface area is 179 Å². The molecule has 3 aromatic rings. The minimum absolute atomic E-state index is 0.0911. The van der Waals surface area contributed by atoms with Gasteiger partial charge < -0.3 is 10.4 Å². The lowest BCUT2D eigenvalue weighted by atomic mass is 9.93. The van der Waals surface area contributed by atoms with E-state index in [1.807, 2.05) is 0 Å². The molecule has 32 heavy (non-hydrogen) atoms. The second kappa shape index (κ2) is 7.95. The molecule has 0 amide bonds. The van der Waals surface area contributed by atoms with Gasteiger partial charge in [-0.1, -0.05) is 18.9 Å². The van der Waals surface area contributed by atoms with Gasteiger partial charge in [0.2, 0.25) is 5.95 Å². The van der Waals surface area contributed by atoms with Crippen LogP contribution in [0.15, 0.2) is 30.5 Å². The number of halogens is 6. The first-order chi connectivity index (χ1) is 14.9. The fourth-order valence-corrected chi connectivity index (χ4v) is 4.05. The van der Waals surface area contributed by atoms with E-state index >= 15 is 0 Å². The van der Waals surface area contributed by atoms with E-state index in [9.17, 15) is 31.4 Å². The summed E-state index contributed by atoms with van der Waals surface area (Å²) in [7, 11) is 0. The topological polar surface area (TPSA) is 62.5 Å². The molecule has 5 nitrogen and oxygen atoms in total. The summed E-state index contributed by atoms with van der Waals surface area (Å²) in [6.45, 7) is 1.73. The maximum absolute atomic E-state index is 13.7. The summed E-state index contributed by atoms with van der Waals surface area (Å²) in [5.41, 5.74) is -2.55. The summed E-state index contributed by atoms with van der Waals surface area (Å²) >= 11 is 0. The van der Waals surface area contributed by atoms with Crippen molar-refractivity contribution in [2.75, 3.05) is 5.32 Å². The second-order valence-corrected chi connectivity index (χ2v) is 8.00. The molecule has 0 unspecified atom stereocenters. The lowest BCUT2D eigenvalue weighted by Gasteiger charge is -2.28. The number of anilines is 1. The van der Waals surface area contributed by atoms with Gasteiger partial charge in [0.05, 0.1) is 28.8 Å². The van der Waals surface area contributed by atoms with Crippen LogP contribution in [-0.2, 0) is 12.4 Å². The van der Waals surface area contributed by atoms with Gasteiger partial charge in [-0.15, -0.1) is 10.2 Å². The highest BCUT2D eigenvalue weighted by molar-refractivity contribution is 5.81. The maximum atomic E-state index is 13.7. The molecule has 1 aliphatic rings. The van der Waals surface area contributed by atoms with Crippen LogP contribution < -0.4 is 5.32 Å². The zero-order valence-corrected chi connectivity index (χ0v) is 16.9. The monoisotopic (exact) mass is 458 g/mol. The first-order valence-electron chi connectivity index (χ1n) is 10.0. The van der Waals surface area contributed by atoms with Gasteiger partial charge in [-0.2, -0.15) is 26.3 Å². The van der Waals surface area contributed by atoms with E-state index in [4.69, 9.17) is 0 Å². The number of hydrogen-bond donors (Lipinski definition) is 2. The minimum atomic E-state index is -5.03. The van der Waals surface area contributed by atoms with Gasteiger partial charge in [-0.3, -0.25) is 4.40 Å². The molecule has 172 valence electrons. The van der Waals surface area contributed by atoms with Crippen LogP contribution in [0.5, 0.6) is 0 Å². The normalized spacial score (nSPS) is 20.0. The Kier molecular flexibility index (Phi) is 5.56. The summed E-state index contributed by atoms with van der Waals surface area (Å²) in [4.78, 5) is 0. The van der Waals surface area contributed by atoms with Gasteiger partial charge in [0.15, 0.2) is 0 Å². The number of aliphatic hydroxyl groups is 1. The average Bonchev–Trinajstić information content (AvgIpc) is 3.10. The van der Waals surface area contributed by atoms with E-state index in [2.05, 4.69) is 15.5 Å². The number of rotatable bonds is 3. The molecule has 2 N–H and O–H groups in total. The maximum Gasteiger partial charge on any atom is 0.417 e. The van der Waals surface area contributed by atoms with Crippen LogP contribution in [0, 0.1) is 6.92 Å². The highest BCUT2D eigenvalue weighted by Gasteiger charge is 2.39. The smallest absolute Gasteiger partial charge is 0.391 e. The number of nitrogens with zero attached hydrogens (tertiary/aromatic N) is 3. The molecule has 11 heteroatoms. The standard InChI is InChI=1S/C21H20F6N4O/c1-11-8-16-18(13-7-6-12(20(22,23)24)9-14(13)21(25,26)27)29-30-19(31(16)10-11)28-15-4-2-3-5-17(15)32/h6-10,15,17,32H,2-5H2,1H3,(H,28,30)/t15-,17-/m0/s1. The number of aromatic nitrogens is 3. The van der Waals surface area contributed by atoms with E-state index < -0.39 is 35.1 Å². The molecule has 1 saturated carbocycles. The van der Waals surface area contributed by atoms with Crippen LogP contribution in [0.3, 0.4) is 0 Å². The highest BCUT2D eigenvalue weighted by atomic mass is 19.4. The number of alkyl halides is 6. The Hall–Kier alpha value is -2.82. The third-order valence-electron chi connectivity index (χ3n) is 5.62. The van der Waals surface area contributed by atoms with Crippen molar-refractivity contribution in [1.82, 2.24) is 14.6 Å². The predicted octanol–water partition coefficient (Wildman–Crippen LogP) is 5.46. The van der Waals surface area contributed by atoms with Crippen molar-refractivity contribution in [2.24, 2.45) is 0 Å². The van der Waals surface area contributed by atoms with E-state index in [-0.39, 0.29) is 29.3 Å². The second-order valence-electron chi connectivity index (χ2n) is 8.00. The molecule has 0 radical (unpaired) electrons. The largest absolute Gasteiger partial charge is 0.417 e. The van der Waals surface area contributed by atoms with Crippen LogP contribution >= 0.6 is 0 Å². The van der Waals surface area contributed by atoms with Crippen LogP contribution in [0.1, 0.15) is 42.4 Å². The Balaban J connectivity index is 1.84. The molecule has 0 bridgehead atoms. The summed E-state index contributed by atoms with van der Waals surface area (Å²) in [6, 6.07) is 2.77. The van der Waals surface area contributed by atoms with Crippen molar-refractivity contribution >= 4 is 11.5 Å². The van der Waals surface area contributed by atoms with Crippen molar-refractivity contribution in [1.29, 1.82) is 0 Å². The fourth-order valence-electron chi connectivity index (χ4n) is 4.05. The van der Waals surface area contributed by atoms with Gasteiger partial charge in [-0.05, 0) is 43.5 Å². The molecule has 0 saturated heterocycles. The summed E-state index contributed by atoms with van der Waals surface area (Å²) in [6.07, 6.45) is -5.77. The minimum Gasteiger partial charge on any atom is -0.391 e. The molecule has 1 aliphatic carbocycles. The van der Waals surface area contributed by atoms with Crippen LogP contribution in [0.25, 0.3) is 16.8 Å². The van der Waals surface area contributed by atoms with Gasteiger partial charge in [-0.25, -0.2) is 0 Å². The number of hydrogen-bond acceptors (Lipinski definition) is 4. The Bertz CT molecular complexity index is 1140. The van der Waals surface area contributed by atoms with Gasteiger partial charge in [0.1, 0.15) is 5.69 Å². The Morgan fingerprint density at radius 2 is 1.72 bits per heavy atom. The SMILES string of the molecule is Cc1cc2c(-c3ccc(C(F)(F)F)cc3C(F)(F)F)nnc(N[C@H]3CCCC[C@@H]3O)n2c1. The van der Waals surface area contributed by atoms with Crippen LogP contribution in [0.2, 0.25) is 0 Å². The fraction of sp³-hybridized carbons (Fsp3) is 0.429. The van der Waals surface area contributed by atoms with Crippen molar-refractivity contribution < 1.29 is 31.4 Å². The molecular weight excluding hydrogens is 438 g/mol. The summed E-state index contributed by atoms with van der Waals surface area (Å²) in [5, 5.41) is 21.3. The van der Waals surface area contributed by atoms with Crippen molar-refractivity contribution in [3.63, 3.8) is 0 Å². The van der Waals surface area contributed by atoms with Crippen LogP contribution in [-0.4, -0.2) is 31.9 Å². The highest BCUT2D eigenvalue weighted by Crippen LogP contribution is 2.41. The van der Waals surface area contributed by atoms with Crippen molar-refractivity contribution in [3.8, 4) is 11.3 Å². The zero-order chi connectivity index (χ0) is 23.3. The third-order valence-corrected chi connectivity index (χ3v) is 5.62. The Morgan fingerprint density at radius 3 is 2.38 bits per heavy atom. The Morgan fingerprint density at radius 1 is 1.00 bits per heavy atom. The van der Waals surface area contributed by atoms with E-state index in [1.54, 1.807) is 19.2 Å². The summed E-state index contributed by atoms with van der Waals surface area (Å²) < 4.78 is 81.6. The molecular formula is C21H20F6N4O. The lowest BCUT2D eigenvalue weighted by molar-refractivity contribution is -0.142. The average molecular weight is 458 g/mol. The van der Waals surface area contributed by atoms with E-state index in [0.717, 1.165) is 18.9 Å². The zero-order valence-electron chi connectivity index (χ0n) is 16.9. The predicted molar refractivity (Wildman–Crippen MR) is 105 cm³/mol. The van der Waals surface area contributed by atoms with Gasteiger partial charge in [0, 0.05) is 11.8 Å². The lowest BCUT2D eigenvalue weighted by Crippen LogP contribution is -2.37. The molecule has 2 aromatic heterocycles. The first-order valence-corrected chi connectivity index (χ1v) is 10.0. The number of aryl methyl sites for hydroxylation is 1.